The van der Waals surface area contributed by atoms with E-state index in [-0.39, 0.29) is 35.2 Å². The Bertz CT molecular complexity index is 1200. The first-order valence-corrected chi connectivity index (χ1v) is 15.5. The molecule has 4 atom stereocenters. The number of aliphatic carboxylic acids is 1. The fraction of sp³-hybridized carbons (Fsp3) is 0.588. The highest BCUT2D eigenvalue weighted by atomic mass is 16.5. The molecule has 222 valence electrons. The van der Waals surface area contributed by atoms with Crippen molar-refractivity contribution in [2.24, 2.45) is 17.3 Å². The summed E-state index contributed by atoms with van der Waals surface area (Å²) in [4.78, 5) is 31.6. The molecule has 1 saturated carbocycles. The van der Waals surface area contributed by atoms with E-state index >= 15 is 0 Å². The van der Waals surface area contributed by atoms with Gasteiger partial charge in [0.15, 0.2) is 0 Å². The van der Waals surface area contributed by atoms with Gasteiger partial charge in [-0.15, -0.1) is 0 Å². The van der Waals surface area contributed by atoms with Crippen LogP contribution in [0.2, 0.25) is 0 Å². The van der Waals surface area contributed by atoms with Crippen LogP contribution in [0.25, 0.3) is 0 Å². The minimum Gasteiger partial charge on any atom is -0.496 e. The van der Waals surface area contributed by atoms with Crippen molar-refractivity contribution >= 4 is 17.6 Å². The van der Waals surface area contributed by atoms with E-state index in [9.17, 15) is 14.7 Å². The van der Waals surface area contributed by atoms with E-state index in [0.29, 0.717) is 6.54 Å². The van der Waals surface area contributed by atoms with Gasteiger partial charge in [0.2, 0.25) is 5.91 Å². The fourth-order valence-corrected chi connectivity index (χ4v) is 7.59. The Morgan fingerprint density at radius 1 is 0.976 bits per heavy atom. The summed E-state index contributed by atoms with van der Waals surface area (Å²) in [5.74, 6) is -0.531. The molecule has 3 aliphatic rings. The van der Waals surface area contributed by atoms with E-state index in [1.54, 1.807) is 12.0 Å². The number of nitrogens with zero attached hydrogens (tertiary/aromatic N) is 2. The number of methoxy groups -OCH3 is 1. The number of ether oxygens (including phenoxy) is 1. The van der Waals surface area contributed by atoms with E-state index in [4.69, 9.17) is 4.74 Å². The molecule has 0 spiro atoms. The number of carbonyl (C=O) groups is 2. The summed E-state index contributed by atoms with van der Waals surface area (Å²) in [7, 11) is 1.69. The highest BCUT2D eigenvalue weighted by Gasteiger charge is 2.58. The van der Waals surface area contributed by atoms with Crippen LogP contribution in [-0.4, -0.2) is 54.2 Å². The summed E-state index contributed by atoms with van der Waals surface area (Å²) in [6.07, 6.45) is 7.26. The van der Waals surface area contributed by atoms with Crippen LogP contribution < -0.4 is 15.0 Å². The molecule has 2 heterocycles. The van der Waals surface area contributed by atoms with Crippen LogP contribution in [0.3, 0.4) is 0 Å². The molecule has 0 radical (unpaired) electrons. The summed E-state index contributed by atoms with van der Waals surface area (Å²) in [5, 5.41) is 14.5. The second-order valence-corrected chi connectivity index (χ2v) is 13.2. The molecule has 2 saturated heterocycles. The van der Waals surface area contributed by atoms with E-state index in [1.807, 2.05) is 36.4 Å². The average molecular weight is 562 g/mol. The third-order valence-corrected chi connectivity index (χ3v) is 9.53. The Balaban J connectivity index is 1.55. The maximum atomic E-state index is 14.3. The van der Waals surface area contributed by atoms with Crippen LogP contribution in [0.1, 0.15) is 82.9 Å². The number of amides is 1. The molecule has 7 nitrogen and oxygen atoms in total. The van der Waals surface area contributed by atoms with Gasteiger partial charge < -0.3 is 25.0 Å². The molecule has 2 N–H and O–H groups in total. The SMILES string of the molecule is COc1ccc(N2CCCC2)cc1CN[C@H]1[C@H](C(C)(C)C)[C@@H](C(=O)O)N(C(=O)C2CCCCC2)[C@H]1c1ccccc1. The van der Waals surface area contributed by atoms with Gasteiger partial charge in [-0.25, -0.2) is 4.79 Å². The van der Waals surface area contributed by atoms with Crippen molar-refractivity contribution in [3.8, 4) is 5.75 Å². The van der Waals surface area contributed by atoms with E-state index in [2.05, 4.69) is 43.1 Å². The molecular formula is C34H47N3O4. The second-order valence-electron chi connectivity index (χ2n) is 13.2. The van der Waals surface area contributed by atoms with Gasteiger partial charge in [-0.1, -0.05) is 70.4 Å². The molecule has 0 bridgehead atoms. The first-order valence-electron chi connectivity index (χ1n) is 15.5. The molecule has 2 aromatic carbocycles. The Kier molecular flexibility index (Phi) is 8.93. The number of hydrogen-bond acceptors (Lipinski definition) is 5. The predicted octanol–water partition coefficient (Wildman–Crippen LogP) is 6.03. The average Bonchev–Trinajstić information content (AvgIpc) is 3.63. The lowest BCUT2D eigenvalue weighted by Crippen LogP contribution is -2.49. The molecule has 41 heavy (non-hydrogen) atoms. The maximum absolute atomic E-state index is 14.3. The summed E-state index contributed by atoms with van der Waals surface area (Å²) in [6.45, 7) is 8.95. The zero-order valence-electron chi connectivity index (χ0n) is 25.1. The van der Waals surface area contributed by atoms with Gasteiger partial charge in [0.05, 0.1) is 13.2 Å². The quantitative estimate of drug-likeness (QED) is 0.409. The van der Waals surface area contributed by atoms with Crippen LogP contribution in [0.5, 0.6) is 5.75 Å². The summed E-state index contributed by atoms with van der Waals surface area (Å²) in [6, 6.07) is 14.8. The Morgan fingerprint density at radius 2 is 1.66 bits per heavy atom. The molecule has 1 aliphatic carbocycles. The number of carboxylic acid groups (broad SMARTS) is 1. The number of carbonyl (C=O) groups excluding carboxylic acids is 1. The fourth-order valence-electron chi connectivity index (χ4n) is 7.59. The van der Waals surface area contributed by atoms with Crippen molar-refractivity contribution in [1.29, 1.82) is 0 Å². The largest absolute Gasteiger partial charge is 0.496 e. The normalized spacial score (nSPS) is 25.5. The molecule has 2 aliphatic heterocycles. The molecule has 1 amide bonds. The first-order chi connectivity index (χ1) is 19.7. The van der Waals surface area contributed by atoms with Gasteiger partial charge in [-0.3, -0.25) is 4.79 Å². The lowest BCUT2D eigenvalue weighted by molar-refractivity contribution is -0.154. The van der Waals surface area contributed by atoms with Gasteiger partial charge in [-0.05, 0) is 54.9 Å². The van der Waals surface area contributed by atoms with Crippen molar-refractivity contribution < 1.29 is 19.4 Å². The van der Waals surface area contributed by atoms with Gasteiger partial charge in [-0.2, -0.15) is 0 Å². The highest BCUT2D eigenvalue weighted by molar-refractivity contribution is 5.87. The summed E-state index contributed by atoms with van der Waals surface area (Å²) < 4.78 is 5.76. The van der Waals surface area contributed by atoms with Gasteiger partial charge in [0.1, 0.15) is 11.8 Å². The molecule has 3 fully saturated rings. The molecule has 0 aromatic heterocycles. The zero-order valence-corrected chi connectivity index (χ0v) is 25.1. The van der Waals surface area contributed by atoms with Crippen molar-refractivity contribution in [2.75, 3.05) is 25.1 Å². The molecular weight excluding hydrogens is 514 g/mol. The Hall–Kier alpha value is -3.06. The molecule has 2 aromatic rings. The standard InChI is InChI=1S/C34H47N3O4/c1-34(2,3)28-29(35-22-25-21-26(17-18-27(25)41-4)36-19-11-12-20-36)30(23-13-7-5-8-14-23)37(31(28)33(39)40)32(38)24-15-9-6-10-16-24/h5,7-8,13-14,17-18,21,24,28-31,35H,6,9-12,15-16,19-20,22H2,1-4H3,(H,39,40)/t28-,29-,30-,31-/m0/s1. The van der Waals surface area contributed by atoms with Gasteiger partial charge in [0, 0.05) is 48.8 Å². The Morgan fingerprint density at radius 3 is 2.27 bits per heavy atom. The number of nitrogens with one attached hydrogen (secondary N) is 1. The van der Waals surface area contributed by atoms with Crippen LogP contribution in [0, 0.1) is 17.3 Å². The van der Waals surface area contributed by atoms with Crippen molar-refractivity contribution in [3.63, 3.8) is 0 Å². The monoisotopic (exact) mass is 561 g/mol. The van der Waals surface area contributed by atoms with Crippen molar-refractivity contribution in [1.82, 2.24) is 10.2 Å². The first kappa shape index (κ1) is 29.4. The maximum Gasteiger partial charge on any atom is 0.326 e. The molecule has 7 heteroatoms. The molecule has 5 rings (SSSR count). The number of hydrogen-bond donors (Lipinski definition) is 2. The van der Waals surface area contributed by atoms with E-state index in [1.165, 1.54) is 18.5 Å². The number of likely N-dealkylation sites (tertiary alicyclic amines) is 1. The number of anilines is 1. The van der Waals surface area contributed by atoms with Crippen LogP contribution >= 0.6 is 0 Å². The van der Waals surface area contributed by atoms with Gasteiger partial charge >= 0.3 is 5.97 Å². The summed E-state index contributed by atoms with van der Waals surface area (Å²) in [5.41, 5.74) is 2.85. The van der Waals surface area contributed by atoms with E-state index < -0.39 is 12.0 Å². The predicted molar refractivity (Wildman–Crippen MR) is 162 cm³/mol. The number of rotatable bonds is 8. The smallest absolute Gasteiger partial charge is 0.326 e. The van der Waals surface area contributed by atoms with Crippen molar-refractivity contribution in [2.45, 2.75) is 90.4 Å². The Labute approximate surface area is 245 Å². The second kappa shape index (κ2) is 12.4. The molecule has 0 unspecified atom stereocenters. The van der Waals surface area contributed by atoms with Crippen LogP contribution in [0.15, 0.2) is 48.5 Å². The van der Waals surface area contributed by atoms with Crippen molar-refractivity contribution in [3.05, 3.63) is 59.7 Å². The third-order valence-electron chi connectivity index (χ3n) is 9.53. The minimum absolute atomic E-state index is 0.00175. The number of benzene rings is 2. The third kappa shape index (κ3) is 6.11. The van der Waals surface area contributed by atoms with E-state index in [0.717, 1.165) is 62.1 Å². The van der Waals surface area contributed by atoms with Crippen LogP contribution in [-0.2, 0) is 16.1 Å². The minimum atomic E-state index is -0.923. The lowest BCUT2D eigenvalue weighted by atomic mass is 9.72. The zero-order chi connectivity index (χ0) is 29.1. The van der Waals surface area contributed by atoms with Gasteiger partial charge in [0.25, 0.3) is 0 Å². The summed E-state index contributed by atoms with van der Waals surface area (Å²) >= 11 is 0. The highest BCUT2D eigenvalue weighted by Crippen LogP contribution is 2.49. The lowest BCUT2D eigenvalue weighted by Gasteiger charge is -2.36. The topological polar surface area (TPSA) is 82.1 Å². The number of carboxylic acids is 1. The van der Waals surface area contributed by atoms with Crippen LogP contribution in [0.4, 0.5) is 5.69 Å².